The Bertz CT molecular complexity index is 510. The van der Waals surface area contributed by atoms with Crippen molar-refractivity contribution in [2.24, 2.45) is 0 Å². The first kappa shape index (κ1) is 12.1. The molecule has 1 aromatic carbocycles. The summed E-state index contributed by atoms with van der Waals surface area (Å²) >= 11 is 0. The van der Waals surface area contributed by atoms with Crippen LogP contribution in [0, 0.1) is 0 Å². The SMILES string of the molecule is CCOC(=O)Nc1cn(Cc2ccccc2)nn1. The van der Waals surface area contributed by atoms with E-state index in [0.717, 1.165) is 5.56 Å². The zero-order valence-electron chi connectivity index (χ0n) is 10.0. The van der Waals surface area contributed by atoms with E-state index in [0.29, 0.717) is 19.0 Å². The van der Waals surface area contributed by atoms with Crippen LogP contribution in [0.25, 0.3) is 0 Å². The summed E-state index contributed by atoms with van der Waals surface area (Å²) in [5.41, 5.74) is 1.12. The van der Waals surface area contributed by atoms with Gasteiger partial charge in [-0.1, -0.05) is 35.5 Å². The van der Waals surface area contributed by atoms with Crippen LogP contribution in [-0.4, -0.2) is 27.7 Å². The van der Waals surface area contributed by atoms with E-state index in [2.05, 4.69) is 15.6 Å². The van der Waals surface area contributed by atoms with Gasteiger partial charge in [0.1, 0.15) is 0 Å². The number of rotatable bonds is 4. The molecule has 0 fully saturated rings. The highest BCUT2D eigenvalue weighted by Crippen LogP contribution is 2.05. The summed E-state index contributed by atoms with van der Waals surface area (Å²) in [5.74, 6) is 0.379. The Morgan fingerprint density at radius 2 is 2.17 bits per heavy atom. The molecule has 18 heavy (non-hydrogen) atoms. The van der Waals surface area contributed by atoms with Crippen molar-refractivity contribution in [3.05, 3.63) is 42.1 Å². The Labute approximate surface area is 105 Å². The molecule has 0 radical (unpaired) electrons. The Kier molecular flexibility index (Phi) is 3.90. The van der Waals surface area contributed by atoms with Crippen LogP contribution in [0.15, 0.2) is 36.5 Å². The lowest BCUT2D eigenvalue weighted by molar-refractivity contribution is 0.168. The fourth-order valence-electron chi connectivity index (χ4n) is 1.48. The lowest BCUT2D eigenvalue weighted by Gasteiger charge is -2.00. The normalized spacial score (nSPS) is 10.1. The lowest BCUT2D eigenvalue weighted by atomic mass is 10.2. The summed E-state index contributed by atoms with van der Waals surface area (Å²) in [6, 6.07) is 9.88. The highest BCUT2D eigenvalue weighted by Gasteiger charge is 2.06. The van der Waals surface area contributed by atoms with E-state index in [1.807, 2.05) is 30.3 Å². The molecule has 0 aliphatic rings. The molecule has 0 atom stereocenters. The van der Waals surface area contributed by atoms with Crippen LogP contribution >= 0.6 is 0 Å². The maximum atomic E-state index is 11.2. The number of carbonyl (C=O) groups is 1. The monoisotopic (exact) mass is 246 g/mol. The second-order valence-corrected chi connectivity index (χ2v) is 3.63. The minimum atomic E-state index is -0.524. The molecule has 0 spiro atoms. The standard InChI is InChI=1S/C12H14N4O2/c1-2-18-12(17)13-11-9-16(15-14-11)8-10-6-4-3-5-7-10/h3-7,9H,2,8H2,1H3,(H,13,17). The molecule has 1 N–H and O–H groups in total. The molecule has 94 valence electrons. The Morgan fingerprint density at radius 3 is 2.89 bits per heavy atom. The molecule has 0 unspecified atom stereocenters. The molecule has 1 amide bonds. The lowest BCUT2D eigenvalue weighted by Crippen LogP contribution is -2.13. The number of hydrogen-bond acceptors (Lipinski definition) is 4. The van der Waals surface area contributed by atoms with Gasteiger partial charge in [-0.3, -0.25) is 5.32 Å². The van der Waals surface area contributed by atoms with Gasteiger partial charge in [0.15, 0.2) is 5.82 Å². The number of aromatic nitrogens is 3. The zero-order chi connectivity index (χ0) is 12.8. The minimum absolute atomic E-state index is 0.323. The second kappa shape index (κ2) is 5.81. The van der Waals surface area contributed by atoms with Crippen LogP contribution in [-0.2, 0) is 11.3 Å². The molecular formula is C12H14N4O2. The van der Waals surface area contributed by atoms with Gasteiger partial charge in [-0.15, -0.1) is 5.10 Å². The number of hydrogen-bond donors (Lipinski definition) is 1. The first-order valence-electron chi connectivity index (χ1n) is 5.65. The van der Waals surface area contributed by atoms with Gasteiger partial charge in [0.2, 0.25) is 0 Å². The number of anilines is 1. The third-order valence-corrected chi connectivity index (χ3v) is 2.23. The van der Waals surface area contributed by atoms with E-state index >= 15 is 0 Å². The van der Waals surface area contributed by atoms with E-state index in [1.165, 1.54) is 0 Å². The number of amides is 1. The fourth-order valence-corrected chi connectivity index (χ4v) is 1.48. The van der Waals surface area contributed by atoms with Crippen LogP contribution in [0.3, 0.4) is 0 Å². The molecule has 0 aliphatic heterocycles. The molecule has 0 bridgehead atoms. The zero-order valence-corrected chi connectivity index (χ0v) is 10.0. The summed E-state index contributed by atoms with van der Waals surface area (Å²) in [6.07, 6.45) is 1.13. The maximum Gasteiger partial charge on any atom is 0.412 e. The predicted octanol–water partition coefficient (Wildman–Crippen LogP) is 1.89. The largest absolute Gasteiger partial charge is 0.450 e. The molecule has 6 nitrogen and oxygen atoms in total. The Morgan fingerprint density at radius 1 is 1.39 bits per heavy atom. The van der Waals surface area contributed by atoms with Gasteiger partial charge in [0, 0.05) is 0 Å². The average molecular weight is 246 g/mol. The summed E-state index contributed by atoms with van der Waals surface area (Å²) in [6.45, 7) is 2.67. The second-order valence-electron chi connectivity index (χ2n) is 3.63. The molecule has 1 aromatic heterocycles. The summed E-state index contributed by atoms with van der Waals surface area (Å²) in [4.78, 5) is 11.2. The first-order chi connectivity index (χ1) is 8.78. The van der Waals surface area contributed by atoms with Gasteiger partial charge >= 0.3 is 6.09 Å². The van der Waals surface area contributed by atoms with Crippen molar-refractivity contribution in [3.8, 4) is 0 Å². The third kappa shape index (κ3) is 3.31. The van der Waals surface area contributed by atoms with E-state index in [1.54, 1.807) is 17.8 Å². The number of nitrogens with zero attached hydrogens (tertiary/aromatic N) is 3. The van der Waals surface area contributed by atoms with Gasteiger partial charge in [0.05, 0.1) is 19.3 Å². The van der Waals surface area contributed by atoms with Crippen molar-refractivity contribution >= 4 is 11.9 Å². The molecule has 0 saturated heterocycles. The van der Waals surface area contributed by atoms with E-state index in [-0.39, 0.29) is 0 Å². The van der Waals surface area contributed by atoms with Crippen molar-refractivity contribution in [1.29, 1.82) is 0 Å². The molecule has 2 rings (SSSR count). The van der Waals surface area contributed by atoms with Gasteiger partial charge < -0.3 is 4.74 Å². The molecule has 2 aromatic rings. The van der Waals surface area contributed by atoms with Crippen molar-refractivity contribution in [3.63, 3.8) is 0 Å². The number of nitrogens with one attached hydrogen (secondary N) is 1. The van der Waals surface area contributed by atoms with Crippen LogP contribution in [0.1, 0.15) is 12.5 Å². The molecule has 0 saturated carbocycles. The van der Waals surface area contributed by atoms with Crippen molar-refractivity contribution in [2.45, 2.75) is 13.5 Å². The van der Waals surface area contributed by atoms with E-state index < -0.39 is 6.09 Å². The first-order valence-corrected chi connectivity index (χ1v) is 5.65. The number of benzene rings is 1. The van der Waals surface area contributed by atoms with Crippen molar-refractivity contribution in [1.82, 2.24) is 15.0 Å². The maximum absolute atomic E-state index is 11.2. The Balaban J connectivity index is 1.96. The predicted molar refractivity (Wildman–Crippen MR) is 66.2 cm³/mol. The van der Waals surface area contributed by atoms with E-state index in [9.17, 15) is 4.79 Å². The quantitative estimate of drug-likeness (QED) is 0.894. The molecule has 6 heteroatoms. The van der Waals surface area contributed by atoms with Crippen LogP contribution in [0.4, 0.5) is 10.6 Å². The fraction of sp³-hybridized carbons (Fsp3) is 0.250. The van der Waals surface area contributed by atoms with Gasteiger partial charge in [-0.2, -0.15) is 0 Å². The number of carbonyl (C=O) groups excluding carboxylic acids is 1. The van der Waals surface area contributed by atoms with Gasteiger partial charge in [0.25, 0.3) is 0 Å². The Hall–Kier alpha value is -2.37. The van der Waals surface area contributed by atoms with Crippen LogP contribution in [0.5, 0.6) is 0 Å². The minimum Gasteiger partial charge on any atom is -0.450 e. The summed E-state index contributed by atoms with van der Waals surface area (Å²) in [5, 5.41) is 10.3. The topological polar surface area (TPSA) is 69.0 Å². The van der Waals surface area contributed by atoms with Crippen molar-refractivity contribution < 1.29 is 9.53 Å². The highest BCUT2D eigenvalue weighted by molar-refractivity contribution is 5.82. The van der Waals surface area contributed by atoms with E-state index in [4.69, 9.17) is 4.74 Å². The van der Waals surface area contributed by atoms with Crippen LogP contribution in [0.2, 0.25) is 0 Å². The highest BCUT2D eigenvalue weighted by atomic mass is 16.5. The summed E-state index contributed by atoms with van der Waals surface area (Å²) < 4.78 is 6.40. The molecule has 1 heterocycles. The smallest absolute Gasteiger partial charge is 0.412 e. The number of ether oxygens (including phenoxy) is 1. The van der Waals surface area contributed by atoms with Crippen molar-refractivity contribution in [2.75, 3.05) is 11.9 Å². The molecular weight excluding hydrogens is 232 g/mol. The average Bonchev–Trinajstić information content (AvgIpc) is 2.78. The van der Waals surface area contributed by atoms with Gasteiger partial charge in [-0.25, -0.2) is 9.48 Å². The summed E-state index contributed by atoms with van der Waals surface area (Å²) in [7, 11) is 0. The molecule has 0 aliphatic carbocycles. The van der Waals surface area contributed by atoms with Crippen LogP contribution < -0.4 is 5.32 Å². The van der Waals surface area contributed by atoms with Gasteiger partial charge in [-0.05, 0) is 12.5 Å². The third-order valence-electron chi connectivity index (χ3n) is 2.23.